The molecule has 2 atom stereocenters. The third kappa shape index (κ3) is 8.32. The molecule has 0 radical (unpaired) electrons. The number of benzene rings is 4. The lowest BCUT2D eigenvalue weighted by atomic mass is 10.0. The van der Waals surface area contributed by atoms with Crippen molar-refractivity contribution in [3.63, 3.8) is 0 Å². The first-order valence-corrected chi connectivity index (χ1v) is 16.0. The van der Waals surface area contributed by atoms with Crippen molar-refractivity contribution in [1.29, 1.82) is 0 Å². The fourth-order valence-corrected chi connectivity index (χ4v) is 6.16. The molecule has 44 heavy (non-hydrogen) atoms. The lowest BCUT2D eigenvalue weighted by Crippen LogP contribution is -2.54. The minimum Gasteiger partial charge on any atom is -0.352 e. The quantitative estimate of drug-likeness (QED) is 0.203. The summed E-state index contributed by atoms with van der Waals surface area (Å²) >= 11 is 0. The predicted octanol–water partition coefficient (Wildman–Crippen LogP) is 5.88. The van der Waals surface area contributed by atoms with Crippen molar-refractivity contribution in [2.45, 2.75) is 57.1 Å². The molecular weight excluding hydrogens is 577 g/mol. The second-order valence-electron chi connectivity index (χ2n) is 10.8. The summed E-state index contributed by atoms with van der Waals surface area (Å²) in [5, 5.41) is 3.03. The smallest absolute Gasteiger partial charge is 0.264 e. The number of sulfonamides is 1. The van der Waals surface area contributed by atoms with Crippen LogP contribution in [0.25, 0.3) is 0 Å². The Kier molecular flexibility index (Phi) is 10.9. The Morgan fingerprint density at radius 3 is 2.00 bits per heavy atom. The summed E-state index contributed by atoms with van der Waals surface area (Å²) in [6.07, 6.45) is 0.935. The van der Waals surface area contributed by atoms with E-state index in [1.807, 2.05) is 75.4 Å². The van der Waals surface area contributed by atoms with E-state index < -0.39 is 34.3 Å². The van der Waals surface area contributed by atoms with Crippen LogP contribution >= 0.6 is 0 Å². The lowest BCUT2D eigenvalue weighted by molar-refractivity contribution is -0.140. The van der Waals surface area contributed by atoms with E-state index in [2.05, 4.69) is 5.32 Å². The third-order valence-corrected chi connectivity index (χ3v) is 9.26. The number of hydrogen-bond acceptors (Lipinski definition) is 4. The molecule has 0 aliphatic carbocycles. The van der Waals surface area contributed by atoms with Crippen molar-refractivity contribution in [2.24, 2.45) is 0 Å². The van der Waals surface area contributed by atoms with Crippen LogP contribution in [0.15, 0.2) is 114 Å². The fraction of sp³-hybridized carbons (Fsp3) is 0.257. The number of aryl methyl sites for hydroxylation is 1. The molecule has 230 valence electrons. The molecule has 0 bridgehead atoms. The van der Waals surface area contributed by atoms with Gasteiger partial charge in [0.25, 0.3) is 10.0 Å². The van der Waals surface area contributed by atoms with Crippen LogP contribution in [0.5, 0.6) is 0 Å². The van der Waals surface area contributed by atoms with Crippen molar-refractivity contribution < 1.29 is 22.4 Å². The third-order valence-electron chi connectivity index (χ3n) is 7.47. The molecule has 7 nitrogen and oxygen atoms in total. The van der Waals surface area contributed by atoms with Crippen LogP contribution in [0.2, 0.25) is 0 Å². The van der Waals surface area contributed by atoms with Crippen LogP contribution in [0.3, 0.4) is 0 Å². The van der Waals surface area contributed by atoms with Gasteiger partial charge in [-0.25, -0.2) is 12.8 Å². The molecule has 2 amide bonds. The zero-order valence-electron chi connectivity index (χ0n) is 25.2. The summed E-state index contributed by atoms with van der Waals surface area (Å²) in [4.78, 5) is 29.5. The number of amides is 2. The second-order valence-corrected chi connectivity index (χ2v) is 12.7. The zero-order valence-corrected chi connectivity index (χ0v) is 26.0. The molecule has 0 spiro atoms. The second kappa shape index (κ2) is 14.8. The highest BCUT2D eigenvalue weighted by Gasteiger charge is 2.35. The van der Waals surface area contributed by atoms with Gasteiger partial charge in [-0.1, -0.05) is 85.3 Å². The highest BCUT2D eigenvalue weighted by atomic mass is 32.2. The van der Waals surface area contributed by atoms with Crippen molar-refractivity contribution >= 4 is 27.5 Å². The Morgan fingerprint density at radius 2 is 1.41 bits per heavy atom. The van der Waals surface area contributed by atoms with E-state index in [4.69, 9.17) is 0 Å². The summed E-state index contributed by atoms with van der Waals surface area (Å²) in [5.41, 5.74) is 2.97. The van der Waals surface area contributed by atoms with Gasteiger partial charge >= 0.3 is 0 Å². The molecule has 4 aromatic carbocycles. The Balaban J connectivity index is 1.78. The van der Waals surface area contributed by atoms with Gasteiger partial charge in [0, 0.05) is 19.0 Å². The standard InChI is InChI=1S/C35H38FN3O4S/c1-4-27(3)37-35(41)33(23-28-11-7-5-8-12-28)38(24-29-17-15-26(2)16-18-29)34(40)25-39(31-13-9-6-10-14-31)44(42,43)32-21-19-30(36)20-22-32/h5-22,27,33H,4,23-25H2,1-3H3,(H,37,41)/t27-,33-/m0/s1. The van der Waals surface area contributed by atoms with E-state index in [0.717, 1.165) is 33.1 Å². The summed E-state index contributed by atoms with van der Waals surface area (Å²) in [7, 11) is -4.29. The van der Waals surface area contributed by atoms with Crippen LogP contribution in [-0.4, -0.2) is 43.8 Å². The van der Waals surface area contributed by atoms with Crippen molar-refractivity contribution in [3.8, 4) is 0 Å². The molecule has 0 saturated heterocycles. The number of halogens is 1. The maximum Gasteiger partial charge on any atom is 0.264 e. The molecule has 4 rings (SSSR count). The van der Waals surface area contributed by atoms with Gasteiger partial charge in [0.1, 0.15) is 18.4 Å². The first-order valence-electron chi connectivity index (χ1n) is 14.6. The van der Waals surface area contributed by atoms with Gasteiger partial charge in [0.2, 0.25) is 11.8 Å². The van der Waals surface area contributed by atoms with E-state index in [-0.39, 0.29) is 35.5 Å². The summed E-state index contributed by atoms with van der Waals surface area (Å²) < 4.78 is 42.6. The first kappa shape index (κ1) is 32.4. The maximum absolute atomic E-state index is 14.4. The van der Waals surface area contributed by atoms with Gasteiger partial charge in [-0.2, -0.15) is 0 Å². The number of hydrogen-bond donors (Lipinski definition) is 1. The minimum absolute atomic E-state index is 0.0871. The number of carbonyl (C=O) groups excluding carboxylic acids is 2. The van der Waals surface area contributed by atoms with Crippen molar-refractivity contribution in [2.75, 3.05) is 10.8 Å². The molecule has 0 heterocycles. The molecule has 9 heteroatoms. The van der Waals surface area contributed by atoms with Crippen LogP contribution in [-0.2, 0) is 32.6 Å². The molecule has 0 saturated carbocycles. The van der Waals surface area contributed by atoms with Crippen LogP contribution in [0.4, 0.5) is 10.1 Å². The normalized spacial score (nSPS) is 12.6. The van der Waals surface area contributed by atoms with E-state index >= 15 is 0 Å². The number of nitrogens with one attached hydrogen (secondary N) is 1. The predicted molar refractivity (Wildman–Crippen MR) is 171 cm³/mol. The van der Waals surface area contributed by atoms with Gasteiger partial charge < -0.3 is 10.2 Å². The van der Waals surface area contributed by atoms with Crippen LogP contribution in [0, 0.1) is 12.7 Å². The van der Waals surface area contributed by atoms with E-state index in [1.165, 1.54) is 17.0 Å². The van der Waals surface area contributed by atoms with Crippen LogP contribution in [0.1, 0.15) is 37.0 Å². The number of anilines is 1. The Hall–Kier alpha value is -4.50. The van der Waals surface area contributed by atoms with Gasteiger partial charge in [0.05, 0.1) is 10.6 Å². The fourth-order valence-electron chi connectivity index (χ4n) is 4.74. The van der Waals surface area contributed by atoms with Gasteiger partial charge in [-0.15, -0.1) is 0 Å². The molecule has 1 N–H and O–H groups in total. The Bertz CT molecular complexity index is 1630. The van der Waals surface area contributed by atoms with Gasteiger partial charge in [0.15, 0.2) is 0 Å². The average molecular weight is 616 g/mol. The monoisotopic (exact) mass is 615 g/mol. The average Bonchev–Trinajstić information content (AvgIpc) is 3.03. The Morgan fingerprint density at radius 1 is 0.818 bits per heavy atom. The highest BCUT2D eigenvalue weighted by Crippen LogP contribution is 2.25. The van der Waals surface area contributed by atoms with Crippen LogP contribution < -0.4 is 9.62 Å². The molecule has 4 aromatic rings. The van der Waals surface area contributed by atoms with Gasteiger partial charge in [-0.05, 0) is 67.8 Å². The SMILES string of the molecule is CC[C@H](C)NC(=O)[C@H](Cc1ccccc1)N(Cc1ccc(C)cc1)C(=O)CN(c1ccccc1)S(=O)(=O)c1ccc(F)cc1. The number of para-hydroxylation sites is 1. The largest absolute Gasteiger partial charge is 0.352 e. The first-order chi connectivity index (χ1) is 21.1. The summed E-state index contributed by atoms with van der Waals surface area (Å²) in [6, 6.07) is 28.8. The number of nitrogens with zero attached hydrogens (tertiary/aromatic N) is 2. The van der Waals surface area contributed by atoms with E-state index in [0.29, 0.717) is 6.42 Å². The lowest BCUT2D eigenvalue weighted by Gasteiger charge is -2.34. The molecular formula is C35H38FN3O4S. The number of rotatable bonds is 13. The zero-order chi connectivity index (χ0) is 31.7. The van der Waals surface area contributed by atoms with Crippen molar-refractivity contribution in [1.82, 2.24) is 10.2 Å². The topological polar surface area (TPSA) is 86.8 Å². The summed E-state index contributed by atoms with van der Waals surface area (Å²) in [6.45, 7) is 5.34. The Labute approximate surface area is 259 Å². The van der Waals surface area contributed by atoms with Gasteiger partial charge in [-0.3, -0.25) is 13.9 Å². The molecule has 0 unspecified atom stereocenters. The maximum atomic E-state index is 14.4. The van der Waals surface area contributed by atoms with Crippen molar-refractivity contribution in [3.05, 3.63) is 132 Å². The summed E-state index contributed by atoms with van der Waals surface area (Å²) in [5.74, 6) is -1.46. The van der Waals surface area contributed by atoms with E-state index in [1.54, 1.807) is 30.3 Å². The number of carbonyl (C=O) groups is 2. The molecule has 0 aliphatic heterocycles. The van der Waals surface area contributed by atoms with E-state index in [9.17, 15) is 22.4 Å². The minimum atomic E-state index is -4.29. The highest BCUT2D eigenvalue weighted by molar-refractivity contribution is 7.92. The molecule has 0 aromatic heterocycles. The molecule has 0 fully saturated rings. The molecule has 0 aliphatic rings.